The lowest BCUT2D eigenvalue weighted by Crippen LogP contribution is -2.42. The average Bonchev–Trinajstić information content (AvgIpc) is 2.47. The number of halogens is 1. The largest absolute Gasteiger partial charge is 0.355 e. The van der Waals surface area contributed by atoms with Gasteiger partial charge >= 0.3 is 0 Å². The molecule has 5 heteroatoms. The molecule has 0 unspecified atom stereocenters. The lowest BCUT2D eigenvalue weighted by Gasteiger charge is -2.28. The highest BCUT2D eigenvalue weighted by molar-refractivity contribution is 5.86. The van der Waals surface area contributed by atoms with Gasteiger partial charge in [-0.15, -0.1) is 0 Å². The van der Waals surface area contributed by atoms with E-state index in [9.17, 15) is 14.0 Å². The van der Waals surface area contributed by atoms with Gasteiger partial charge in [-0.1, -0.05) is 19.1 Å². The van der Waals surface area contributed by atoms with Crippen LogP contribution in [0, 0.1) is 11.7 Å². The number of amides is 2. The standard InChI is InChI=1S/C16H21FN2O2/c1-11(12-4-3-5-14(17)8-12)10-18-16(21)13-6-7-19(2)15(20)9-13/h3-5,8,11,13H,6-7,9-10H2,1-2H3,(H,18,21)/t11-,13-/m0/s1. The Morgan fingerprint density at radius 1 is 1.52 bits per heavy atom. The van der Waals surface area contributed by atoms with Gasteiger partial charge in [0, 0.05) is 32.5 Å². The number of hydrogen-bond acceptors (Lipinski definition) is 2. The minimum Gasteiger partial charge on any atom is -0.355 e. The first-order valence-corrected chi connectivity index (χ1v) is 7.24. The van der Waals surface area contributed by atoms with Crippen molar-refractivity contribution in [2.75, 3.05) is 20.1 Å². The van der Waals surface area contributed by atoms with Crippen LogP contribution in [0.4, 0.5) is 4.39 Å². The van der Waals surface area contributed by atoms with E-state index in [1.807, 2.05) is 13.0 Å². The molecule has 114 valence electrons. The van der Waals surface area contributed by atoms with E-state index in [4.69, 9.17) is 0 Å². The number of nitrogens with one attached hydrogen (secondary N) is 1. The van der Waals surface area contributed by atoms with Gasteiger partial charge < -0.3 is 10.2 Å². The molecule has 21 heavy (non-hydrogen) atoms. The van der Waals surface area contributed by atoms with Gasteiger partial charge in [-0.3, -0.25) is 9.59 Å². The van der Waals surface area contributed by atoms with E-state index < -0.39 is 0 Å². The van der Waals surface area contributed by atoms with Crippen LogP contribution >= 0.6 is 0 Å². The van der Waals surface area contributed by atoms with Crippen molar-refractivity contribution < 1.29 is 14.0 Å². The van der Waals surface area contributed by atoms with Crippen LogP contribution in [0.5, 0.6) is 0 Å². The fourth-order valence-corrected chi connectivity index (χ4v) is 2.50. The van der Waals surface area contributed by atoms with Gasteiger partial charge in [0.15, 0.2) is 0 Å². The summed E-state index contributed by atoms with van der Waals surface area (Å²) in [6.45, 7) is 3.01. The summed E-state index contributed by atoms with van der Waals surface area (Å²) in [5.41, 5.74) is 0.856. The number of piperidine rings is 1. The molecule has 1 aliphatic heterocycles. The highest BCUT2D eigenvalue weighted by Gasteiger charge is 2.28. The molecular formula is C16H21FN2O2. The Morgan fingerprint density at radius 3 is 2.95 bits per heavy atom. The molecule has 1 aliphatic rings. The molecule has 0 bridgehead atoms. The Balaban J connectivity index is 1.85. The number of benzene rings is 1. The van der Waals surface area contributed by atoms with E-state index in [0.29, 0.717) is 19.5 Å². The molecule has 0 saturated carbocycles. The van der Waals surface area contributed by atoms with Crippen LogP contribution in [0.2, 0.25) is 0 Å². The van der Waals surface area contributed by atoms with Gasteiger partial charge in [0.1, 0.15) is 5.82 Å². The van der Waals surface area contributed by atoms with Crippen molar-refractivity contribution in [2.24, 2.45) is 5.92 Å². The Bertz CT molecular complexity index is 533. The maximum atomic E-state index is 13.2. The highest BCUT2D eigenvalue weighted by Crippen LogP contribution is 2.19. The van der Waals surface area contributed by atoms with Gasteiger partial charge in [-0.25, -0.2) is 4.39 Å². The first kappa shape index (κ1) is 15.5. The monoisotopic (exact) mass is 292 g/mol. The van der Waals surface area contributed by atoms with Gasteiger partial charge in [0.05, 0.1) is 0 Å². The van der Waals surface area contributed by atoms with Crippen molar-refractivity contribution in [2.45, 2.75) is 25.7 Å². The van der Waals surface area contributed by atoms with Crippen molar-refractivity contribution in [1.29, 1.82) is 0 Å². The predicted molar refractivity (Wildman–Crippen MR) is 78.2 cm³/mol. The SMILES string of the molecule is C[C@@H](CNC(=O)[C@H]1CCN(C)C(=O)C1)c1cccc(F)c1. The second-order valence-electron chi connectivity index (χ2n) is 5.71. The summed E-state index contributed by atoms with van der Waals surface area (Å²) < 4.78 is 13.2. The van der Waals surface area contributed by atoms with E-state index in [0.717, 1.165) is 5.56 Å². The topological polar surface area (TPSA) is 49.4 Å². The number of carbonyl (C=O) groups excluding carboxylic acids is 2. The predicted octanol–water partition coefficient (Wildman–Crippen LogP) is 1.91. The van der Waals surface area contributed by atoms with Gasteiger partial charge in [0.25, 0.3) is 0 Å². The number of likely N-dealkylation sites (tertiary alicyclic amines) is 1. The molecule has 1 aromatic rings. The molecule has 0 radical (unpaired) electrons. The zero-order valence-electron chi connectivity index (χ0n) is 12.4. The van der Waals surface area contributed by atoms with Gasteiger partial charge in [0.2, 0.25) is 11.8 Å². The fraction of sp³-hybridized carbons (Fsp3) is 0.500. The smallest absolute Gasteiger partial charge is 0.223 e. The summed E-state index contributed by atoms with van der Waals surface area (Å²) in [5, 5.41) is 2.87. The quantitative estimate of drug-likeness (QED) is 0.921. The van der Waals surface area contributed by atoms with Crippen LogP contribution in [0.15, 0.2) is 24.3 Å². The van der Waals surface area contributed by atoms with E-state index >= 15 is 0 Å². The zero-order valence-corrected chi connectivity index (χ0v) is 12.4. The summed E-state index contributed by atoms with van der Waals surface area (Å²) in [4.78, 5) is 25.4. The van der Waals surface area contributed by atoms with Crippen molar-refractivity contribution >= 4 is 11.8 Å². The van der Waals surface area contributed by atoms with Crippen molar-refractivity contribution in [3.63, 3.8) is 0 Å². The zero-order chi connectivity index (χ0) is 15.4. The Labute approximate surface area is 124 Å². The summed E-state index contributed by atoms with van der Waals surface area (Å²) in [5.74, 6) is -0.550. The third kappa shape index (κ3) is 4.03. The van der Waals surface area contributed by atoms with E-state index in [-0.39, 0.29) is 35.9 Å². The summed E-state index contributed by atoms with van der Waals surface area (Å²) in [7, 11) is 1.75. The molecule has 2 rings (SSSR count). The van der Waals surface area contributed by atoms with E-state index in [1.54, 1.807) is 18.0 Å². The number of nitrogens with zero attached hydrogens (tertiary/aromatic N) is 1. The first-order valence-electron chi connectivity index (χ1n) is 7.24. The molecule has 1 heterocycles. The highest BCUT2D eigenvalue weighted by atomic mass is 19.1. The third-order valence-corrected chi connectivity index (χ3v) is 4.03. The van der Waals surface area contributed by atoms with Crippen LogP contribution < -0.4 is 5.32 Å². The Hall–Kier alpha value is -1.91. The summed E-state index contributed by atoms with van der Waals surface area (Å²) in [6.07, 6.45) is 0.971. The van der Waals surface area contributed by atoms with Gasteiger partial charge in [-0.2, -0.15) is 0 Å². The molecule has 2 amide bonds. The Morgan fingerprint density at radius 2 is 2.29 bits per heavy atom. The lowest BCUT2D eigenvalue weighted by molar-refractivity contribution is -0.139. The molecule has 1 N–H and O–H groups in total. The molecule has 1 aromatic carbocycles. The van der Waals surface area contributed by atoms with Crippen LogP contribution in [0.3, 0.4) is 0 Å². The maximum absolute atomic E-state index is 13.2. The Kier molecular flexibility index (Phi) is 4.94. The van der Waals surface area contributed by atoms with Crippen molar-refractivity contribution in [3.05, 3.63) is 35.6 Å². The molecule has 0 aromatic heterocycles. The minimum absolute atomic E-state index is 0.0135. The third-order valence-electron chi connectivity index (χ3n) is 4.03. The normalized spacial score (nSPS) is 20.2. The summed E-state index contributed by atoms with van der Waals surface area (Å²) >= 11 is 0. The van der Waals surface area contributed by atoms with E-state index in [1.165, 1.54) is 12.1 Å². The molecule has 1 saturated heterocycles. The number of carbonyl (C=O) groups is 2. The molecular weight excluding hydrogens is 271 g/mol. The molecule has 4 nitrogen and oxygen atoms in total. The van der Waals surface area contributed by atoms with Crippen molar-refractivity contribution in [1.82, 2.24) is 10.2 Å². The van der Waals surface area contributed by atoms with Crippen LogP contribution in [0.1, 0.15) is 31.2 Å². The first-order chi connectivity index (χ1) is 9.97. The average molecular weight is 292 g/mol. The van der Waals surface area contributed by atoms with Crippen LogP contribution in [-0.4, -0.2) is 36.9 Å². The van der Waals surface area contributed by atoms with Crippen LogP contribution in [-0.2, 0) is 9.59 Å². The molecule has 2 atom stereocenters. The molecule has 0 spiro atoms. The maximum Gasteiger partial charge on any atom is 0.223 e. The second-order valence-corrected chi connectivity index (χ2v) is 5.71. The number of rotatable bonds is 4. The van der Waals surface area contributed by atoms with Crippen molar-refractivity contribution in [3.8, 4) is 0 Å². The number of hydrogen-bond donors (Lipinski definition) is 1. The summed E-state index contributed by atoms with van der Waals surface area (Å²) in [6, 6.07) is 6.40. The van der Waals surface area contributed by atoms with E-state index in [2.05, 4.69) is 5.32 Å². The molecule has 1 fully saturated rings. The minimum atomic E-state index is -0.272. The second kappa shape index (κ2) is 6.70. The fourth-order valence-electron chi connectivity index (χ4n) is 2.50. The van der Waals surface area contributed by atoms with Gasteiger partial charge in [-0.05, 0) is 30.0 Å². The molecule has 0 aliphatic carbocycles. The lowest BCUT2D eigenvalue weighted by atomic mass is 9.95. The van der Waals surface area contributed by atoms with Crippen LogP contribution in [0.25, 0.3) is 0 Å².